The summed E-state index contributed by atoms with van der Waals surface area (Å²) < 4.78 is 84.0. The quantitative estimate of drug-likeness (QED) is 0.393. The molecule has 0 aliphatic carbocycles. The third-order valence-corrected chi connectivity index (χ3v) is 5.45. The predicted molar refractivity (Wildman–Crippen MR) is 106 cm³/mol. The smallest absolute Gasteiger partial charge is 0.378 e. The first-order valence-electron chi connectivity index (χ1n) is 9.26. The fourth-order valence-electron chi connectivity index (χ4n) is 2.95. The summed E-state index contributed by atoms with van der Waals surface area (Å²) in [6.45, 7) is 2.12. The van der Waals surface area contributed by atoms with Gasteiger partial charge in [-0.1, -0.05) is 11.6 Å². The fraction of sp³-hybridized carbons (Fsp3) is 0.333. The molecule has 0 saturated carbocycles. The van der Waals surface area contributed by atoms with E-state index in [1.807, 2.05) is 4.90 Å². The predicted octanol–water partition coefficient (Wildman–Crippen LogP) is 4.94. The first kappa shape index (κ1) is 23.6. The van der Waals surface area contributed by atoms with Crippen LogP contribution in [0.5, 0.6) is 0 Å². The number of morpholine rings is 1. The molecule has 0 unspecified atom stereocenters. The Hall–Kier alpha value is -2.58. The second-order valence-electron chi connectivity index (χ2n) is 6.79. The zero-order chi connectivity index (χ0) is 23.8. The van der Waals surface area contributed by atoms with Crippen molar-refractivity contribution in [1.29, 1.82) is 0 Å². The van der Waals surface area contributed by atoms with Crippen molar-refractivity contribution in [3.8, 4) is 11.4 Å². The Morgan fingerprint density at radius 1 is 0.909 bits per heavy atom. The van der Waals surface area contributed by atoms with Gasteiger partial charge in [0.15, 0.2) is 5.82 Å². The van der Waals surface area contributed by atoms with Crippen LogP contribution in [0.4, 0.5) is 32.3 Å². The minimum absolute atomic E-state index is 0.0265. The van der Waals surface area contributed by atoms with Crippen LogP contribution in [0.25, 0.3) is 11.4 Å². The monoisotopic (exact) mass is 510 g/mol. The highest BCUT2D eigenvalue weighted by atomic mass is 35.5. The van der Waals surface area contributed by atoms with Crippen molar-refractivity contribution in [2.24, 2.45) is 0 Å². The summed E-state index contributed by atoms with van der Waals surface area (Å²) in [6.07, 6.45) is -9.94. The normalized spacial score (nSPS) is 15.2. The summed E-state index contributed by atoms with van der Waals surface area (Å²) in [6, 6.07) is 2.63. The molecule has 1 N–H and O–H groups in total. The number of rotatable bonds is 4. The van der Waals surface area contributed by atoms with Crippen molar-refractivity contribution in [2.75, 3.05) is 31.2 Å². The largest absolute Gasteiger partial charge is 0.416 e. The molecule has 3 aromatic rings. The number of halogens is 7. The molecule has 4 rings (SSSR count). The van der Waals surface area contributed by atoms with Gasteiger partial charge in [0.2, 0.25) is 11.1 Å². The minimum Gasteiger partial charge on any atom is -0.378 e. The van der Waals surface area contributed by atoms with Gasteiger partial charge in [0, 0.05) is 24.7 Å². The summed E-state index contributed by atoms with van der Waals surface area (Å²) in [5, 5.41) is 6.77. The number of anilines is 1. The van der Waals surface area contributed by atoms with Gasteiger partial charge in [-0.3, -0.25) is 5.10 Å². The molecular weight excluding hydrogens is 498 g/mol. The van der Waals surface area contributed by atoms with Crippen molar-refractivity contribution in [3.63, 3.8) is 0 Å². The van der Waals surface area contributed by atoms with Crippen LogP contribution in [0.3, 0.4) is 0 Å². The lowest BCUT2D eigenvalue weighted by Gasteiger charge is -2.26. The summed E-state index contributed by atoms with van der Waals surface area (Å²) in [5.41, 5.74) is -3.31. The molecule has 176 valence electrons. The second-order valence-corrected chi connectivity index (χ2v) is 8.17. The van der Waals surface area contributed by atoms with Gasteiger partial charge in [0.1, 0.15) is 10.2 Å². The van der Waals surface area contributed by atoms with Gasteiger partial charge in [-0.25, -0.2) is 15.0 Å². The Kier molecular flexibility index (Phi) is 6.42. The highest BCUT2D eigenvalue weighted by Gasteiger charge is 2.37. The maximum absolute atomic E-state index is 13.1. The van der Waals surface area contributed by atoms with Gasteiger partial charge in [0.25, 0.3) is 0 Å². The van der Waals surface area contributed by atoms with Crippen LogP contribution in [-0.2, 0) is 17.1 Å². The van der Waals surface area contributed by atoms with Gasteiger partial charge >= 0.3 is 12.4 Å². The molecule has 0 radical (unpaired) electrons. The zero-order valence-electron chi connectivity index (χ0n) is 16.3. The summed E-state index contributed by atoms with van der Waals surface area (Å²) in [7, 11) is 0. The number of H-pyrrole nitrogens is 1. The van der Waals surface area contributed by atoms with Crippen molar-refractivity contribution < 1.29 is 31.1 Å². The van der Waals surface area contributed by atoms with Crippen molar-refractivity contribution in [1.82, 2.24) is 25.1 Å². The Balaban J connectivity index is 1.62. The van der Waals surface area contributed by atoms with Crippen LogP contribution >= 0.6 is 23.4 Å². The lowest BCUT2D eigenvalue weighted by Crippen LogP contribution is -2.37. The van der Waals surface area contributed by atoms with E-state index in [-0.39, 0.29) is 22.2 Å². The first-order chi connectivity index (χ1) is 15.5. The van der Waals surface area contributed by atoms with E-state index in [9.17, 15) is 26.3 Å². The second kappa shape index (κ2) is 8.99. The van der Waals surface area contributed by atoms with Crippen LogP contribution in [0.15, 0.2) is 34.4 Å². The van der Waals surface area contributed by atoms with E-state index in [0.717, 1.165) is 11.8 Å². The van der Waals surface area contributed by atoms with E-state index in [2.05, 4.69) is 25.1 Å². The summed E-state index contributed by atoms with van der Waals surface area (Å²) in [5.74, 6) is 0.0967. The molecule has 33 heavy (non-hydrogen) atoms. The molecule has 3 heterocycles. The Labute approximate surface area is 191 Å². The Morgan fingerprint density at radius 3 is 2.15 bits per heavy atom. The molecule has 1 aromatic carbocycles. The maximum Gasteiger partial charge on any atom is 0.416 e. The molecule has 1 aliphatic rings. The molecule has 0 amide bonds. The first-order valence-corrected chi connectivity index (χ1v) is 10.5. The minimum atomic E-state index is -4.97. The number of aromatic nitrogens is 5. The van der Waals surface area contributed by atoms with E-state index in [0.29, 0.717) is 49.4 Å². The van der Waals surface area contributed by atoms with E-state index in [1.54, 1.807) is 0 Å². The number of nitrogens with zero attached hydrogens (tertiary/aromatic N) is 5. The summed E-state index contributed by atoms with van der Waals surface area (Å²) >= 11 is 7.00. The van der Waals surface area contributed by atoms with Crippen LogP contribution in [0.2, 0.25) is 5.15 Å². The molecule has 1 saturated heterocycles. The molecular formula is C18H13ClF6N6OS. The molecule has 7 nitrogen and oxygen atoms in total. The van der Waals surface area contributed by atoms with E-state index in [4.69, 9.17) is 16.3 Å². The average Bonchev–Trinajstić information content (AvgIpc) is 3.21. The van der Waals surface area contributed by atoms with Crippen molar-refractivity contribution >= 4 is 29.3 Å². The highest BCUT2D eigenvalue weighted by molar-refractivity contribution is 7.99. The van der Waals surface area contributed by atoms with Crippen LogP contribution in [0.1, 0.15) is 11.1 Å². The number of benzene rings is 1. The van der Waals surface area contributed by atoms with Gasteiger partial charge in [-0.2, -0.15) is 26.3 Å². The molecule has 15 heteroatoms. The molecule has 0 atom stereocenters. The number of hydrogen-bond acceptors (Lipinski definition) is 7. The highest BCUT2D eigenvalue weighted by Crippen LogP contribution is 2.38. The van der Waals surface area contributed by atoms with Crippen LogP contribution < -0.4 is 4.90 Å². The Bertz CT molecular complexity index is 1120. The van der Waals surface area contributed by atoms with Gasteiger partial charge < -0.3 is 9.64 Å². The Morgan fingerprint density at radius 2 is 1.55 bits per heavy atom. The molecule has 1 aliphatic heterocycles. The van der Waals surface area contributed by atoms with Gasteiger partial charge in [0.05, 0.1) is 24.3 Å². The zero-order valence-corrected chi connectivity index (χ0v) is 17.9. The SMILES string of the molecule is FC(F)(F)c1cc(-c2nc(Sc3cc(Cl)nc(N4CCOCC4)n3)n[nH]2)cc(C(F)(F)F)c1. The van der Waals surface area contributed by atoms with E-state index < -0.39 is 29.0 Å². The van der Waals surface area contributed by atoms with Crippen molar-refractivity contribution in [2.45, 2.75) is 22.5 Å². The maximum atomic E-state index is 13.1. The molecule has 0 spiro atoms. The van der Waals surface area contributed by atoms with Crippen LogP contribution in [0, 0.1) is 0 Å². The molecule has 2 aromatic heterocycles. The van der Waals surface area contributed by atoms with Gasteiger partial charge in [-0.05, 0) is 30.0 Å². The molecule has 0 bridgehead atoms. The topological polar surface area (TPSA) is 79.8 Å². The van der Waals surface area contributed by atoms with Crippen molar-refractivity contribution in [3.05, 3.63) is 40.5 Å². The third kappa shape index (κ3) is 5.68. The van der Waals surface area contributed by atoms with E-state index in [1.165, 1.54) is 6.07 Å². The lowest BCUT2D eigenvalue weighted by molar-refractivity contribution is -0.143. The third-order valence-electron chi connectivity index (χ3n) is 4.48. The fourth-order valence-corrected chi connectivity index (χ4v) is 3.91. The van der Waals surface area contributed by atoms with Gasteiger partial charge in [-0.15, -0.1) is 5.10 Å². The standard InChI is InChI=1S/C18H13ClF6N6OS/c19-12-8-13(27-15(26-12)31-1-3-32-4-2-31)33-16-28-14(29-30-16)9-5-10(17(20,21)22)7-11(6-9)18(23,24)25/h5-8H,1-4H2,(H,28,29,30). The summed E-state index contributed by atoms with van der Waals surface area (Å²) in [4.78, 5) is 14.4. The van der Waals surface area contributed by atoms with Crippen LogP contribution in [-0.4, -0.2) is 51.5 Å². The number of alkyl halides is 6. The lowest BCUT2D eigenvalue weighted by atomic mass is 10.0. The van der Waals surface area contributed by atoms with E-state index >= 15 is 0 Å². The number of nitrogens with one attached hydrogen (secondary N) is 1. The molecule has 1 fully saturated rings. The number of aromatic amines is 1. The number of hydrogen-bond donors (Lipinski definition) is 1. The average molecular weight is 511 g/mol. The number of ether oxygens (including phenoxy) is 1.